The standard InChI is InChI=1S/C8H5Br3O/c9-6-2-1-5(3-8(10)11)7(12)4-6/h1-4,12H. The Labute approximate surface area is 95.9 Å². The third-order valence-electron chi connectivity index (χ3n) is 1.26. The Kier molecular flexibility index (Phi) is 3.80. The average Bonchev–Trinajstić information content (AvgIpc) is 1.94. The van der Waals surface area contributed by atoms with Crippen molar-refractivity contribution in [2.45, 2.75) is 0 Å². The zero-order valence-corrected chi connectivity index (χ0v) is 10.6. The fourth-order valence-electron chi connectivity index (χ4n) is 0.756. The molecule has 0 atom stereocenters. The molecule has 0 aliphatic heterocycles. The van der Waals surface area contributed by atoms with Gasteiger partial charge in [0.15, 0.2) is 0 Å². The molecule has 0 heterocycles. The molecule has 0 spiro atoms. The van der Waals surface area contributed by atoms with Crippen molar-refractivity contribution < 1.29 is 5.11 Å². The van der Waals surface area contributed by atoms with Crippen molar-refractivity contribution in [1.82, 2.24) is 0 Å². The summed E-state index contributed by atoms with van der Waals surface area (Å²) in [6.45, 7) is 0. The summed E-state index contributed by atoms with van der Waals surface area (Å²) in [5.41, 5.74) is 0.766. The topological polar surface area (TPSA) is 20.2 Å². The summed E-state index contributed by atoms with van der Waals surface area (Å²) >= 11 is 9.70. The zero-order chi connectivity index (χ0) is 9.14. The van der Waals surface area contributed by atoms with E-state index in [9.17, 15) is 5.11 Å². The van der Waals surface area contributed by atoms with Gasteiger partial charge in [-0.05, 0) is 50.1 Å². The maximum Gasteiger partial charge on any atom is 0.123 e. The average molecular weight is 357 g/mol. The lowest BCUT2D eigenvalue weighted by atomic mass is 10.2. The first kappa shape index (κ1) is 10.3. The third kappa shape index (κ3) is 2.92. The molecule has 0 aliphatic carbocycles. The van der Waals surface area contributed by atoms with Crippen LogP contribution in [-0.4, -0.2) is 5.11 Å². The number of rotatable bonds is 1. The monoisotopic (exact) mass is 354 g/mol. The van der Waals surface area contributed by atoms with Gasteiger partial charge in [-0.1, -0.05) is 22.0 Å². The number of benzene rings is 1. The second-order valence-electron chi connectivity index (χ2n) is 2.14. The van der Waals surface area contributed by atoms with Crippen molar-refractivity contribution in [3.8, 4) is 5.75 Å². The molecule has 1 aromatic rings. The molecule has 1 nitrogen and oxygen atoms in total. The number of aromatic hydroxyl groups is 1. The number of phenols is 1. The maximum atomic E-state index is 9.42. The maximum absolute atomic E-state index is 9.42. The van der Waals surface area contributed by atoms with E-state index in [0.29, 0.717) is 0 Å². The molecule has 0 aliphatic rings. The van der Waals surface area contributed by atoms with Gasteiger partial charge in [0, 0.05) is 10.0 Å². The first-order valence-electron chi connectivity index (χ1n) is 3.11. The van der Waals surface area contributed by atoms with E-state index in [1.54, 1.807) is 12.1 Å². The Morgan fingerprint density at radius 2 is 2.00 bits per heavy atom. The molecule has 64 valence electrons. The van der Waals surface area contributed by atoms with Crippen molar-refractivity contribution in [2.75, 3.05) is 0 Å². The lowest BCUT2D eigenvalue weighted by molar-refractivity contribution is 0.473. The molecule has 0 aromatic heterocycles. The van der Waals surface area contributed by atoms with Crippen LogP contribution < -0.4 is 0 Å². The molecule has 0 radical (unpaired) electrons. The summed E-state index contributed by atoms with van der Waals surface area (Å²) in [5, 5.41) is 9.42. The Morgan fingerprint density at radius 1 is 1.33 bits per heavy atom. The lowest BCUT2D eigenvalue weighted by Gasteiger charge is -1.98. The molecule has 0 fully saturated rings. The van der Waals surface area contributed by atoms with Gasteiger partial charge in [-0.15, -0.1) is 0 Å². The normalized spacial score (nSPS) is 9.58. The molecule has 1 rings (SSSR count). The minimum absolute atomic E-state index is 0.251. The molecule has 0 saturated heterocycles. The molecule has 0 bridgehead atoms. The predicted octanol–water partition coefficient (Wildman–Crippen LogP) is 4.24. The quantitative estimate of drug-likeness (QED) is 0.797. The highest BCUT2D eigenvalue weighted by atomic mass is 79.9. The van der Waals surface area contributed by atoms with Gasteiger partial charge in [0.25, 0.3) is 0 Å². The summed E-state index contributed by atoms with van der Waals surface area (Å²) in [7, 11) is 0. The highest BCUT2D eigenvalue weighted by Gasteiger charge is 1.98. The molecular formula is C8H5Br3O. The smallest absolute Gasteiger partial charge is 0.123 e. The highest BCUT2D eigenvalue weighted by molar-refractivity contribution is 9.28. The van der Waals surface area contributed by atoms with Crippen LogP contribution in [0.15, 0.2) is 26.1 Å². The molecule has 0 saturated carbocycles. The van der Waals surface area contributed by atoms with Crippen LogP contribution in [0.1, 0.15) is 5.56 Å². The predicted molar refractivity (Wildman–Crippen MR) is 61.6 cm³/mol. The van der Waals surface area contributed by atoms with E-state index in [-0.39, 0.29) is 5.75 Å². The molecule has 0 unspecified atom stereocenters. The van der Waals surface area contributed by atoms with Crippen LogP contribution >= 0.6 is 47.8 Å². The Morgan fingerprint density at radius 3 is 2.50 bits per heavy atom. The highest BCUT2D eigenvalue weighted by Crippen LogP contribution is 2.27. The number of phenolic OH excluding ortho intramolecular Hbond substituents is 1. The van der Waals surface area contributed by atoms with Gasteiger partial charge in [-0.25, -0.2) is 0 Å². The van der Waals surface area contributed by atoms with Crippen LogP contribution in [-0.2, 0) is 0 Å². The van der Waals surface area contributed by atoms with Crippen LogP contribution in [0.2, 0.25) is 0 Å². The van der Waals surface area contributed by atoms with Crippen LogP contribution in [0.5, 0.6) is 5.75 Å². The largest absolute Gasteiger partial charge is 0.507 e. The zero-order valence-electron chi connectivity index (χ0n) is 5.89. The van der Waals surface area contributed by atoms with E-state index in [4.69, 9.17) is 0 Å². The second kappa shape index (κ2) is 4.44. The van der Waals surface area contributed by atoms with Crippen LogP contribution in [0.25, 0.3) is 6.08 Å². The molecular weight excluding hydrogens is 352 g/mol. The fraction of sp³-hybridized carbons (Fsp3) is 0. The van der Waals surface area contributed by atoms with Gasteiger partial charge in [0.1, 0.15) is 5.75 Å². The first-order chi connectivity index (χ1) is 5.59. The van der Waals surface area contributed by atoms with E-state index in [1.807, 2.05) is 12.1 Å². The van der Waals surface area contributed by atoms with Gasteiger partial charge in [0.2, 0.25) is 0 Å². The van der Waals surface area contributed by atoms with Crippen molar-refractivity contribution in [2.24, 2.45) is 0 Å². The van der Waals surface area contributed by atoms with Crippen LogP contribution in [0.4, 0.5) is 0 Å². The van der Waals surface area contributed by atoms with E-state index in [2.05, 4.69) is 47.8 Å². The van der Waals surface area contributed by atoms with Gasteiger partial charge >= 0.3 is 0 Å². The van der Waals surface area contributed by atoms with E-state index < -0.39 is 0 Å². The van der Waals surface area contributed by atoms with Gasteiger partial charge < -0.3 is 5.11 Å². The van der Waals surface area contributed by atoms with Gasteiger partial charge in [0.05, 0.1) is 3.39 Å². The first-order valence-corrected chi connectivity index (χ1v) is 5.48. The third-order valence-corrected chi connectivity index (χ3v) is 2.21. The van der Waals surface area contributed by atoms with E-state index >= 15 is 0 Å². The molecule has 1 aromatic carbocycles. The van der Waals surface area contributed by atoms with Gasteiger partial charge in [-0.2, -0.15) is 0 Å². The molecule has 4 heteroatoms. The summed E-state index contributed by atoms with van der Waals surface area (Å²) in [4.78, 5) is 0. The van der Waals surface area contributed by atoms with Crippen molar-refractivity contribution in [3.05, 3.63) is 31.6 Å². The Balaban J connectivity index is 3.10. The van der Waals surface area contributed by atoms with Gasteiger partial charge in [-0.3, -0.25) is 0 Å². The Bertz CT molecular complexity index is 316. The molecule has 0 amide bonds. The van der Waals surface area contributed by atoms with Crippen molar-refractivity contribution in [1.29, 1.82) is 0 Å². The van der Waals surface area contributed by atoms with Crippen LogP contribution in [0, 0.1) is 0 Å². The summed E-state index contributed by atoms with van der Waals surface area (Å²) in [5.74, 6) is 0.251. The van der Waals surface area contributed by atoms with Crippen LogP contribution in [0.3, 0.4) is 0 Å². The minimum Gasteiger partial charge on any atom is -0.507 e. The summed E-state index contributed by atoms with van der Waals surface area (Å²) < 4.78 is 1.66. The minimum atomic E-state index is 0.251. The van der Waals surface area contributed by atoms with E-state index in [1.165, 1.54) is 0 Å². The number of halogens is 3. The number of hydrogen-bond acceptors (Lipinski definition) is 1. The Hall–Kier alpha value is 0.200. The molecule has 12 heavy (non-hydrogen) atoms. The second-order valence-corrected chi connectivity index (χ2v) is 5.83. The fourth-order valence-corrected chi connectivity index (χ4v) is 1.60. The number of hydrogen-bond donors (Lipinski definition) is 1. The SMILES string of the molecule is Oc1cc(Br)ccc1C=C(Br)Br. The van der Waals surface area contributed by atoms with E-state index in [0.717, 1.165) is 13.4 Å². The molecule has 1 N–H and O–H groups in total. The van der Waals surface area contributed by atoms with Crippen molar-refractivity contribution in [3.63, 3.8) is 0 Å². The summed E-state index contributed by atoms with van der Waals surface area (Å²) in [6, 6.07) is 5.34. The summed E-state index contributed by atoms with van der Waals surface area (Å²) in [6.07, 6.45) is 1.78. The van der Waals surface area contributed by atoms with Crippen molar-refractivity contribution >= 4 is 53.9 Å². The lowest BCUT2D eigenvalue weighted by Crippen LogP contribution is -1.74.